The van der Waals surface area contributed by atoms with Crippen molar-refractivity contribution in [3.05, 3.63) is 35.9 Å². The highest BCUT2D eigenvalue weighted by Crippen LogP contribution is 2.56. The molecule has 4 rings (SSSR count). The summed E-state index contributed by atoms with van der Waals surface area (Å²) in [5, 5.41) is 0.717. The van der Waals surface area contributed by atoms with Crippen LogP contribution >= 0.6 is 0 Å². The molecule has 21 heavy (non-hydrogen) atoms. The zero-order chi connectivity index (χ0) is 14.6. The van der Waals surface area contributed by atoms with E-state index in [0.29, 0.717) is 5.56 Å². The third kappa shape index (κ3) is 1.73. The van der Waals surface area contributed by atoms with Gasteiger partial charge in [0.05, 0.1) is 17.4 Å². The molecule has 1 aromatic carbocycles. The minimum absolute atomic E-state index is 0.264. The van der Waals surface area contributed by atoms with E-state index in [-0.39, 0.29) is 35.5 Å². The molecule has 2 aliphatic carbocycles. The number of hydrogen-bond donors (Lipinski definition) is 0. The van der Waals surface area contributed by atoms with Gasteiger partial charge in [0.15, 0.2) is 0 Å². The second-order valence-electron chi connectivity index (χ2n) is 6.10. The maximum atomic E-state index is 12.4. The number of fused-ring (bicyclic) bond motifs is 5. The van der Waals surface area contributed by atoms with Gasteiger partial charge in [0.25, 0.3) is 11.8 Å². The lowest BCUT2D eigenvalue weighted by Crippen LogP contribution is -2.35. The zero-order valence-electron chi connectivity index (χ0n) is 11.4. The third-order valence-corrected chi connectivity index (χ3v) is 5.07. The average Bonchev–Trinajstić information content (AvgIpc) is 3.18. The number of benzene rings is 1. The maximum absolute atomic E-state index is 12.4. The molecular formula is C16H15NO4. The third-order valence-electron chi connectivity index (χ3n) is 5.07. The fraction of sp³-hybridized carbons (Fsp3) is 0.438. The SMILES string of the molecule is O=C(ON1C(=O)C2C3CCC(C3)C2C1=O)c1ccccc1. The van der Waals surface area contributed by atoms with Crippen molar-refractivity contribution >= 4 is 17.8 Å². The highest BCUT2D eigenvalue weighted by atomic mass is 16.7. The first-order valence-corrected chi connectivity index (χ1v) is 7.32. The van der Waals surface area contributed by atoms with Crippen LogP contribution in [0.3, 0.4) is 0 Å². The van der Waals surface area contributed by atoms with Crippen molar-refractivity contribution in [1.29, 1.82) is 0 Å². The summed E-state index contributed by atoms with van der Waals surface area (Å²) in [5.74, 6) is -1.28. The minimum atomic E-state index is -0.662. The average molecular weight is 285 g/mol. The lowest BCUT2D eigenvalue weighted by molar-refractivity contribution is -0.175. The van der Waals surface area contributed by atoms with Crippen molar-refractivity contribution < 1.29 is 19.2 Å². The van der Waals surface area contributed by atoms with Gasteiger partial charge in [-0.1, -0.05) is 18.2 Å². The molecule has 0 N–H and O–H groups in total. The summed E-state index contributed by atoms with van der Waals surface area (Å²) in [6.45, 7) is 0. The molecule has 108 valence electrons. The van der Waals surface area contributed by atoms with Gasteiger partial charge >= 0.3 is 5.97 Å². The Labute approximate surface area is 121 Å². The van der Waals surface area contributed by atoms with Gasteiger partial charge in [0.1, 0.15) is 0 Å². The molecule has 1 saturated heterocycles. The molecule has 1 heterocycles. The second-order valence-corrected chi connectivity index (χ2v) is 6.10. The van der Waals surface area contributed by atoms with Gasteiger partial charge in [-0.2, -0.15) is 0 Å². The molecule has 5 nitrogen and oxygen atoms in total. The number of hydrogen-bond acceptors (Lipinski definition) is 4. The quantitative estimate of drug-likeness (QED) is 0.777. The lowest BCUT2D eigenvalue weighted by Gasteiger charge is -2.18. The molecule has 0 radical (unpaired) electrons. The fourth-order valence-electron chi connectivity index (χ4n) is 4.18. The molecule has 2 amide bonds. The Morgan fingerprint density at radius 1 is 1.00 bits per heavy atom. The standard InChI is InChI=1S/C16H15NO4/c18-14-12-10-6-7-11(8-10)13(12)15(19)17(14)21-16(20)9-4-2-1-3-5-9/h1-5,10-13H,6-8H2. The Morgan fingerprint density at radius 2 is 1.57 bits per heavy atom. The molecular weight excluding hydrogens is 270 g/mol. The normalized spacial score (nSPS) is 33.4. The van der Waals surface area contributed by atoms with Crippen LogP contribution < -0.4 is 0 Å². The first kappa shape index (κ1) is 12.6. The molecule has 5 heteroatoms. The number of amides is 2. The predicted molar refractivity (Wildman–Crippen MR) is 71.5 cm³/mol. The highest BCUT2D eigenvalue weighted by Gasteiger charge is 2.62. The van der Waals surface area contributed by atoms with Crippen molar-refractivity contribution in [1.82, 2.24) is 5.06 Å². The van der Waals surface area contributed by atoms with E-state index in [1.807, 2.05) is 0 Å². The van der Waals surface area contributed by atoms with E-state index in [0.717, 1.165) is 24.3 Å². The Balaban J connectivity index is 1.56. The Bertz CT molecular complexity index is 598. The van der Waals surface area contributed by atoms with E-state index in [2.05, 4.69) is 0 Å². The fourth-order valence-corrected chi connectivity index (χ4v) is 4.18. The molecule has 4 atom stereocenters. The van der Waals surface area contributed by atoms with Gasteiger partial charge in [-0.3, -0.25) is 9.59 Å². The summed E-state index contributed by atoms with van der Waals surface area (Å²) in [6, 6.07) is 8.39. The van der Waals surface area contributed by atoms with Crippen LogP contribution in [0.4, 0.5) is 0 Å². The van der Waals surface area contributed by atoms with Crippen molar-refractivity contribution in [3.63, 3.8) is 0 Å². The van der Waals surface area contributed by atoms with Crippen molar-refractivity contribution in [2.45, 2.75) is 19.3 Å². The predicted octanol–water partition coefficient (Wildman–Crippen LogP) is 1.79. The Kier molecular flexibility index (Phi) is 2.64. The van der Waals surface area contributed by atoms with Crippen molar-refractivity contribution in [2.75, 3.05) is 0 Å². The molecule has 2 bridgehead atoms. The maximum Gasteiger partial charge on any atom is 0.363 e. The first-order valence-electron chi connectivity index (χ1n) is 7.32. The smallest absolute Gasteiger partial charge is 0.325 e. The van der Waals surface area contributed by atoms with Crippen LogP contribution in [-0.4, -0.2) is 22.8 Å². The number of imide groups is 1. The van der Waals surface area contributed by atoms with Crippen LogP contribution in [0.1, 0.15) is 29.6 Å². The number of hydroxylamine groups is 2. The van der Waals surface area contributed by atoms with Gasteiger partial charge in [0, 0.05) is 0 Å². The number of carbonyl (C=O) groups excluding carboxylic acids is 3. The van der Waals surface area contributed by atoms with E-state index in [9.17, 15) is 14.4 Å². The summed E-state index contributed by atoms with van der Waals surface area (Å²) in [4.78, 5) is 41.9. The van der Waals surface area contributed by atoms with Crippen LogP contribution in [0, 0.1) is 23.7 Å². The summed E-state index contributed by atoms with van der Waals surface area (Å²) in [6.07, 6.45) is 2.98. The minimum Gasteiger partial charge on any atom is -0.325 e. The Hall–Kier alpha value is -2.17. The number of carbonyl (C=O) groups is 3. The molecule has 3 aliphatic rings. The van der Waals surface area contributed by atoms with Crippen LogP contribution in [0.15, 0.2) is 30.3 Å². The molecule has 2 saturated carbocycles. The van der Waals surface area contributed by atoms with E-state index in [1.165, 1.54) is 0 Å². The Morgan fingerprint density at radius 3 is 2.14 bits per heavy atom. The molecule has 0 aromatic heterocycles. The number of rotatable bonds is 2. The summed E-state index contributed by atoms with van der Waals surface area (Å²) in [7, 11) is 0. The van der Waals surface area contributed by atoms with Crippen LogP contribution in [0.25, 0.3) is 0 Å². The molecule has 0 spiro atoms. The van der Waals surface area contributed by atoms with Gasteiger partial charge < -0.3 is 4.84 Å². The summed E-state index contributed by atoms with van der Waals surface area (Å²) >= 11 is 0. The topological polar surface area (TPSA) is 63.7 Å². The lowest BCUT2D eigenvalue weighted by atomic mass is 9.81. The van der Waals surface area contributed by atoms with Crippen LogP contribution in [0.2, 0.25) is 0 Å². The van der Waals surface area contributed by atoms with Crippen molar-refractivity contribution in [3.8, 4) is 0 Å². The molecule has 1 aromatic rings. The van der Waals surface area contributed by atoms with Gasteiger partial charge in [-0.25, -0.2) is 4.79 Å². The van der Waals surface area contributed by atoms with Gasteiger partial charge in [-0.15, -0.1) is 5.06 Å². The van der Waals surface area contributed by atoms with Crippen LogP contribution in [0.5, 0.6) is 0 Å². The highest BCUT2D eigenvalue weighted by molar-refractivity contribution is 6.06. The first-order chi connectivity index (χ1) is 10.2. The van der Waals surface area contributed by atoms with E-state index in [4.69, 9.17) is 4.84 Å². The zero-order valence-corrected chi connectivity index (χ0v) is 11.4. The summed E-state index contributed by atoms with van der Waals surface area (Å²) in [5.41, 5.74) is 0.332. The van der Waals surface area contributed by atoms with Crippen molar-refractivity contribution in [2.24, 2.45) is 23.7 Å². The second kappa shape index (κ2) is 4.41. The van der Waals surface area contributed by atoms with E-state index >= 15 is 0 Å². The van der Waals surface area contributed by atoms with Gasteiger partial charge in [-0.05, 0) is 43.2 Å². The molecule has 1 aliphatic heterocycles. The summed E-state index contributed by atoms with van der Waals surface area (Å²) < 4.78 is 0. The largest absolute Gasteiger partial charge is 0.363 e. The van der Waals surface area contributed by atoms with E-state index < -0.39 is 5.97 Å². The molecule has 4 unspecified atom stereocenters. The van der Waals surface area contributed by atoms with E-state index in [1.54, 1.807) is 30.3 Å². The molecule has 3 fully saturated rings. The van der Waals surface area contributed by atoms with Gasteiger partial charge in [0.2, 0.25) is 0 Å². The monoisotopic (exact) mass is 285 g/mol. The number of nitrogens with zero attached hydrogens (tertiary/aromatic N) is 1. The van der Waals surface area contributed by atoms with Crippen LogP contribution in [-0.2, 0) is 14.4 Å².